The van der Waals surface area contributed by atoms with Gasteiger partial charge in [-0.1, -0.05) is 24.0 Å². The maximum absolute atomic E-state index is 12.4. The van der Waals surface area contributed by atoms with Crippen molar-refractivity contribution in [3.8, 4) is 23.3 Å². The van der Waals surface area contributed by atoms with E-state index in [-0.39, 0.29) is 23.5 Å². The number of urea groups is 1. The minimum absolute atomic E-state index is 0.0530. The van der Waals surface area contributed by atoms with Crippen LogP contribution in [0.15, 0.2) is 42.5 Å². The van der Waals surface area contributed by atoms with E-state index in [0.29, 0.717) is 5.56 Å². The molecular weight excluding hydrogens is 379 g/mol. The molecule has 7 nitrogen and oxygen atoms in total. The van der Waals surface area contributed by atoms with Crippen LogP contribution in [-0.4, -0.2) is 30.0 Å². The van der Waals surface area contributed by atoms with E-state index in [1.54, 1.807) is 0 Å². The summed E-state index contributed by atoms with van der Waals surface area (Å²) in [4.78, 5) is 22.8. The SMILES string of the molecule is NC(=O)c1ccc(C#CCNC(=O)Nc2ccccc2OC(F)(F)F)cc1O. The third-order valence-electron chi connectivity index (χ3n) is 3.19. The Morgan fingerprint density at radius 3 is 2.54 bits per heavy atom. The lowest BCUT2D eigenvalue weighted by molar-refractivity contribution is -0.274. The van der Waals surface area contributed by atoms with Crippen LogP contribution in [0.5, 0.6) is 11.5 Å². The molecule has 0 atom stereocenters. The van der Waals surface area contributed by atoms with Crippen molar-refractivity contribution >= 4 is 17.6 Å². The second-order valence-corrected chi connectivity index (χ2v) is 5.25. The van der Waals surface area contributed by atoms with Crippen molar-refractivity contribution in [2.75, 3.05) is 11.9 Å². The minimum Gasteiger partial charge on any atom is -0.507 e. The van der Waals surface area contributed by atoms with Crippen molar-refractivity contribution < 1.29 is 32.6 Å². The lowest BCUT2D eigenvalue weighted by atomic mass is 10.1. The van der Waals surface area contributed by atoms with Crippen LogP contribution in [0.25, 0.3) is 0 Å². The summed E-state index contributed by atoms with van der Waals surface area (Å²) in [5.41, 5.74) is 5.21. The molecule has 10 heteroatoms. The average molecular weight is 393 g/mol. The van der Waals surface area contributed by atoms with Gasteiger partial charge in [-0.25, -0.2) is 4.79 Å². The van der Waals surface area contributed by atoms with Gasteiger partial charge in [-0.05, 0) is 30.3 Å². The van der Waals surface area contributed by atoms with Crippen LogP contribution in [0.3, 0.4) is 0 Å². The van der Waals surface area contributed by atoms with Gasteiger partial charge in [0.15, 0.2) is 5.75 Å². The van der Waals surface area contributed by atoms with Gasteiger partial charge in [0.05, 0.1) is 17.8 Å². The molecular formula is C18H14F3N3O4. The molecule has 0 saturated carbocycles. The van der Waals surface area contributed by atoms with Crippen LogP contribution in [0.4, 0.5) is 23.7 Å². The number of para-hydroxylation sites is 2. The summed E-state index contributed by atoms with van der Waals surface area (Å²) in [5, 5.41) is 14.2. The first kappa shape index (κ1) is 20.4. The number of alkyl halides is 3. The lowest BCUT2D eigenvalue weighted by Crippen LogP contribution is -2.29. The van der Waals surface area contributed by atoms with E-state index in [2.05, 4.69) is 27.2 Å². The van der Waals surface area contributed by atoms with Gasteiger partial charge in [0.2, 0.25) is 0 Å². The summed E-state index contributed by atoms with van der Waals surface area (Å²) in [6.07, 6.45) is -4.89. The molecule has 0 heterocycles. The highest BCUT2D eigenvalue weighted by atomic mass is 19.4. The highest BCUT2D eigenvalue weighted by molar-refractivity contribution is 5.95. The summed E-state index contributed by atoms with van der Waals surface area (Å²) in [6.45, 7) is -0.132. The first-order valence-electron chi connectivity index (χ1n) is 7.67. The first-order valence-corrected chi connectivity index (χ1v) is 7.67. The highest BCUT2D eigenvalue weighted by Crippen LogP contribution is 2.29. The number of hydrogen-bond donors (Lipinski definition) is 4. The Morgan fingerprint density at radius 2 is 1.89 bits per heavy atom. The summed E-state index contributed by atoms with van der Waals surface area (Å²) in [5.74, 6) is 3.55. The summed E-state index contributed by atoms with van der Waals surface area (Å²) < 4.78 is 40.9. The third kappa shape index (κ3) is 6.14. The number of phenols is 1. The molecule has 2 aromatic carbocycles. The Hall–Kier alpha value is -3.87. The van der Waals surface area contributed by atoms with Crippen LogP contribution in [0.1, 0.15) is 15.9 Å². The highest BCUT2D eigenvalue weighted by Gasteiger charge is 2.32. The number of nitrogens with two attached hydrogens (primary N) is 1. The lowest BCUT2D eigenvalue weighted by Gasteiger charge is -2.13. The van der Waals surface area contributed by atoms with Gasteiger partial charge in [-0.15, -0.1) is 13.2 Å². The molecule has 0 radical (unpaired) electrons. The smallest absolute Gasteiger partial charge is 0.507 e. The second-order valence-electron chi connectivity index (χ2n) is 5.25. The number of hydrogen-bond acceptors (Lipinski definition) is 4. The fraction of sp³-hybridized carbons (Fsp3) is 0.111. The van der Waals surface area contributed by atoms with E-state index >= 15 is 0 Å². The normalized spacial score (nSPS) is 10.4. The quantitative estimate of drug-likeness (QED) is 0.598. The van der Waals surface area contributed by atoms with Crippen molar-refractivity contribution in [3.05, 3.63) is 53.6 Å². The average Bonchev–Trinajstić information content (AvgIpc) is 2.59. The van der Waals surface area contributed by atoms with Crippen molar-refractivity contribution in [1.82, 2.24) is 5.32 Å². The molecule has 0 saturated heterocycles. The Bertz CT molecular complexity index is 949. The Labute approximate surface area is 157 Å². The molecule has 2 aromatic rings. The Morgan fingerprint density at radius 1 is 1.18 bits per heavy atom. The number of ether oxygens (including phenoxy) is 1. The number of primary amides is 1. The second kappa shape index (κ2) is 8.68. The molecule has 0 bridgehead atoms. The summed E-state index contributed by atoms with van der Waals surface area (Å²) in [6, 6.07) is 8.27. The number of aromatic hydroxyl groups is 1. The maximum atomic E-state index is 12.4. The molecule has 0 spiro atoms. The zero-order valence-electron chi connectivity index (χ0n) is 14.1. The van der Waals surface area contributed by atoms with Crippen molar-refractivity contribution in [3.63, 3.8) is 0 Å². The van der Waals surface area contributed by atoms with Crippen LogP contribution < -0.4 is 21.1 Å². The molecule has 0 unspecified atom stereocenters. The molecule has 28 heavy (non-hydrogen) atoms. The summed E-state index contributed by atoms with van der Waals surface area (Å²) in [7, 11) is 0. The van der Waals surface area contributed by atoms with Gasteiger partial charge in [0, 0.05) is 5.56 Å². The van der Waals surface area contributed by atoms with Crippen molar-refractivity contribution in [2.45, 2.75) is 6.36 Å². The van der Waals surface area contributed by atoms with Crippen LogP contribution in [0.2, 0.25) is 0 Å². The number of amides is 3. The predicted molar refractivity (Wildman–Crippen MR) is 93.6 cm³/mol. The van der Waals surface area contributed by atoms with Gasteiger partial charge < -0.3 is 26.2 Å². The van der Waals surface area contributed by atoms with E-state index < -0.39 is 24.1 Å². The molecule has 0 aromatic heterocycles. The maximum Gasteiger partial charge on any atom is 0.573 e. The first-order chi connectivity index (χ1) is 13.2. The molecule has 146 valence electrons. The van der Waals surface area contributed by atoms with Crippen LogP contribution >= 0.6 is 0 Å². The van der Waals surface area contributed by atoms with Gasteiger partial charge >= 0.3 is 12.4 Å². The van der Waals surface area contributed by atoms with E-state index in [0.717, 1.165) is 6.07 Å². The zero-order valence-corrected chi connectivity index (χ0v) is 14.1. The largest absolute Gasteiger partial charge is 0.573 e. The van der Waals surface area contributed by atoms with Gasteiger partial charge in [0.1, 0.15) is 5.75 Å². The molecule has 0 fully saturated rings. The number of halogens is 3. The molecule has 2 rings (SSSR count). The topological polar surface area (TPSA) is 114 Å². The monoisotopic (exact) mass is 393 g/mol. The van der Waals surface area contributed by atoms with E-state index in [4.69, 9.17) is 5.73 Å². The number of nitrogens with one attached hydrogen (secondary N) is 2. The molecule has 5 N–H and O–H groups in total. The third-order valence-corrected chi connectivity index (χ3v) is 3.19. The number of benzene rings is 2. The Kier molecular flexibility index (Phi) is 6.34. The molecule has 0 aliphatic heterocycles. The van der Waals surface area contributed by atoms with Crippen molar-refractivity contribution in [1.29, 1.82) is 0 Å². The van der Waals surface area contributed by atoms with E-state index in [9.17, 15) is 27.9 Å². The number of carbonyl (C=O) groups is 2. The van der Waals surface area contributed by atoms with Crippen LogP contribution in [0, 0.1) is 11.8 Å². The zero-order chi connectivity index (χ0) is 20.7. The van der Waals surface area contributed by atoms with Gasteiger partial charge in [-0.2, -0.15) is 0 Å². The minimum atomic E-state index is -4.89. The number of carbonyl (C=O) groups excluding carboxylic acids is 2. The number of rotatable bonds is 4. The standard InChI is InChI=1S/C18H14F3N3O4/c19-18(20,21)28-15-6-2-1-5-13(15)24-17(27)23-9-3-4-11-7-8-12(16(22)26)14(25)10-11/h1-2,5-8,10,25H,9H2,(H2,22,26)(H2,23,24,27). The molecule has 0 aliphatic carbocycles. The van der Waals surface area contributed by atoms with Crippen molar-refractivity contribution in [2.24, 2.45) is 5.73 Å². The van der Waals surface area contributed by atoms with E-state index in [1.165, 1.54) is 36.4 Å². The summed E-state index contributed by atoms with van der Waals surface area (Å²) >= 11 is 0. The van der Waals surface area contributed by atoms with E-state index in [1.807, 2.05) is 0 Å². The van der Waals surface area contributed by atoms with Gasteiger partial charge in [-0.3, -0.25) is 4.79 Å². The van der Waals surface area contributed by atoms with Crippen LogP contribution in [-0.2, 0) is 0 Å². The predicted octanol–water partition coefficient (Wildman–Crippen LogP) is 2.56. The Balaban J connectivity index is 1.94. The van der Waals surface area contributed by atoms with Gasteiger partial charge in [0.25, 0.3) is 5.91 Å². The molecule has 3 amide bonds. The number of anilines is 1. The fourth-order valence-corrected chi connectivity index (χ4v) is 2.04. The molecule has 0 aliphatic rings. The fourth-order valence-electron chi connectivity index (χ4n) is 2.04.